The maximum Gasteiger partial charge on any atom is 0.323 e. The minimum absolute atomic E-state index is 0.0566. The smallest absolute Gasteiger partial charge is 0.323 e. The summed E-state index contributed by atoms with van der Waals surface area (Å²) in [5.74, 6) is -0.356. The number of carbonyl (C=O) groups is 1. The Hall–Kier alpha value is -0.680. The van der Waals surface area contributed by atoms with Gasteiger partial charge in [0.15, 0.2) is 0 Å². The second-order valence-corrected chi connectivity index (χ2v) is 4.72. The number of alkyl halides is 1. The molecule has 90 valence electrons. The van der Waals surface area contributed by atoms with Crippen molar-refractivity contribution in [1.82, 2.24) is 0 Å². The van der Waals surface area contributed by atoms with Crippen LogP contribution in [0.2, 0.25) is 0 Å². The van der Waals surface area contributed by atoms with Crippen LogP contribution in [0.25, 0.3) is 0 Å². The molecule has 0 fully saturated rings. The van der Waals surface area contributed by atoms with Gasteiger partial charge in [0.2, 0.25) is 6.80 Å². The second kappa shape index (κ2) is 6.02. The van der Waals surface area contributed by atoms with E-state index in [9.17, 15) is 9.18 Å². The van der Waals surface area contributed by atoms with E-state index in [-0.39, 0.29) is 17.0 Å². The van der Waals surface area contributed by atoms with Crippen molar-refractivity contribution in [3.05, 3.63) is 0 Å². The molecule has 4 nitrogen and oxygen atoms in total. The monoisotopic (exact) mass is 221 g/mol. The number of likely N-dealkylation sites (N-methyl/N-ethyl adjacent to an activating group) is 1. The van der Waals surface area contributed by atoms with Gasteiger partial charge in [-0.1, -0.05) is 13.8 Å². The molecule has 0 rings (SSSR count). The highest BCUT2D eigenvalue weighted by Gasteiger charge is 2.20. The van der Waals surface area contributed by atoms with Crippen molar-refractivity contribution < 1.29 is 18.4 Å². The van der Waals surface area contributed by atoms with Crippen molar-refractivity contribution >= 4 is 5.97 Å². The number of carbonyl (C=O) groups excluding carboxylic acids is 1. The van der Waals surface area contributed by atoms with E-state index in [1.54, 1.807) is 14.1 Å². The summed E-state index contributed by atoms with van der Waals surface area (Å²) >= 11 is 0. The molecule has 0 saturated carbocycles. The van der Waals surface area contributed by atoms with E-state index in [1.807, 2.05) is 13.8 Å². The van der Waals surface area contributed by atoms with Gasteiger partial charge >= 0.3 is 5.97 Å². The van der Waals surface area contributed by atoms with E-state index in [1.165, 1.54) is 0 Å². The van der Waals surface area contributed by atoms with Crippen LogP contribution in [0.15, 0.2) is 0 Å². The van der Waals surface area contributed by atoms with Crippen LogP contribution in [0, 0.1) is 5.92 Å². The zero-order valence-corrected chi connectivity index (χ0v) is 10.00. The van der Waals surface area contributed by atoms with Gasteiger partial charge in [-0.15, -0.1) is 0 Å². The normalized spacial score (nSPS) is 14.1. The lowest BCUT2D eigenvalue weighted by Gasteiger charge is -2.25. The van der Waals surface area contributed by atoms with Crippen LogP contribution in [-0.4, -0.2) is 50.5 Å². The summed E-state index contributed by atoms with van der Waals surface area (Å²) in [6, 6.07) is -0.592. The number of hydrogen-bond donors (Lipinski definition) is 1. The van der Waals surface area contributed by atoms with Gasteiger partial charge in [-0.3, -0.25) is 9.28 Å². The van der Waals surface area contributed by atoms with E-state index >= 15 is 0 Å². The average molecular weight is 221 g/mol. The fourth-order valence-electron chi connectivity index (χ4n) is 0.822. The molecule has 0 saturated heterocycles. The Bertz CT molecular complexity index is 208. The Labute approximate surface area is 90.8 Å². The minimum Gasteiger partial charge on any atom is -0.459 e. The summed E-state index contributed by atoms with van der Waals surface area (Å²) in [5, 5.41) is 0. The van der Waals surface area contributed by atoms with Gasteiger partial charge in [-0.05, 0) is 5.92 Å². The standard InChI is InChI=1S/C10H22FN2O2/c1-8(2)9(12)10(14)15-6-5-13(3,4)7-11/h8-9H,5-7,12H2,1-4H3/q+1. The summed E-state index contributed by atoms with van der Waals surface area (Å²) in [7, 11) is 3.46. The zero-order chi connectivity index (χ0) is 12.1. The second-order valence-electron chi connectivity index (χ2n) is 4.72. The van der Waals surface area contributed by atoms with Crippen molar-refractivity contribution in [3.8, 4) is 0 Å². The minimum atomic E-state index is -0.592. The first-order valence-corrected chi connectivity index (χ1v) is 5.10. The van der Waals surface area contributed by atoms with Crippen LogP contribution in [0.1, 0.15) is 13.8 Å². The maximum atomic E-state index is 12.4. The molecule has 15 heavy (non-hydrogen) atoms. The number of hydrogen-bond acceptors (Lipinski definition) is 3. The highest BCUT2D eigenvalue weighted by atomic mass is 19.1. The molecule has 0 spiro atoms. The van der Waals surface area contributed by atoms with Crippen LogP contribution in [0.3, 0.4) is 0 Å². The molecule has 1 unspecified atom stereocenters. The fraction of sp³-hybridized carbons (Fsp3) is 0.900. The predicted molar refractivity (Wildman–Crippen MR) is 56.7 cm³/mol. The summed E-state index contributed by atoms with van der Waals surface area (Å²) in [6.45, 7) is 3.89. The molecule has 0 aliphatic heterocycles. The van der Waals surface area contributed by atoms with Gasteiger partial charge < -0.3 is 10.5 Å². The number of nitrogens with two attached hydrogens (primary N) is 1. The van der Waals surface area contributed by atoms with E-state index < -0.39 is 18.8 Å². The topological polar surface area (TPSA) is 52.3 Å². The van der Waals surface area contributed by atoms with Crippen molar-refractivity contribution in [3.63, 3.8) is 0 Å². The number of halogens is 1. The van der Waals surface area contributed by atoms with Gasteiger partial charge in [-0.25, -0.2) is 0 Å². The quantitative estimate of drug-likeness (QED) is 0.404. The Morgan fingerprint density at radius 1 is 1.47 bits per heavy atom. The predicted octanol–water partition coefficient (Wildman–Crippen LogP) is 0.516. The molecular formula is C10H22FN2O2+. The van der Waals surface area contributed by atoms with Crippen molar-refractivity contribution in [2.45, 2.75) is 19.9 Å². The van der Waals surface area contributed by atoms with Crippen LogP contribution in [0.5, 0.6) is 0 Å². The van der Waals surface area contributed by atoms with Gasteiger partial charge in [0, 0.05) is 0 Å². The van der Waals surface area contributed by atoms with Gasteiger partial charge in [0.25, 0.3) is 0 Å². The molecule has 0 radical (unpaired) electrons. The Morgan fingerprint density at radius 3 is 2.40 bits per heavy atom. The van der Waals surface area contributed by atoms with Gasteiger partial charge in [0.05, 0.1) is 14.1 Å². The summed E-state index contributed by atoms with van der Waals surface area (Å²) in [6.07, 6.45) is 0. The third-order valence-corrected chi connectivity index (χ3v) is 2.25. The molecule has 2 N–H and O–H groups in total. The number of rotatable bonds is 6. The third kappa shape index (κ3) is 5.69. The van der Waals surface area contributed by atoms with E-state index in [0.717, 1.165) is 0 Å². The van der Waals surface area contributed by atoms with Crippen LogP contribution < -0.4 is 5.73 Å². The zero-order valence-electron chi connectivity index (χ0n) is 10.00. The molecule has 0 aromatic carbocycles. The molecule has 0 aliphatic carbocycles. The fourth-order valence-corrected chi connectivity index (χ4v) is 0.822. The summed E-state index contributed by atoms with van der Waals surface area (Å²) in [4.78, 5) is 11.3. The van der Waals surface area contributed by atoms with Gasteiger partial charge in [-0.2, -0.15) is 4.39 Å². The van der Waals surface area contributed by atoms with Gasteiger partial charge in [0.1, 0.15) is 19.2 Å². The van der Waals surface area contributed by atoms with Crippen LogP contribution in [-0.2, 0) is 9.53 Å². The number of nitrogens with zero attached hydrogens (tertiary/aromatic N) is 1. The molecule has 1 atom stereocenters. The lowest BCUT2D eigenvalue weighted by atomic mass is 10.1. The molecule has 0 aliphatic rings. The maximum absolute atomic E-state index is 12.4. The van der Waals surface area contributed by atoms with Crippen molar-refractivity contribution in [2.24, 2.45) is 11.7 Å². The number of quaternary nitrogens is 1. The molecule has 0 heterocycles. The lowest BCUT2D eigenvalue weighted by Crippen LogP contribution is -2.43. The van der Waals surface area contributed by atoms with Crippen molar-refractivity contribution in [2.75, 3.05) is 34.0 Å². The third-order valence-electron chi connectivity index (χ3n) is 2.25. The largest absolute Gasteiger partial charge is 0.459 e. The average Bonchev–Trinajstić information content (AvgIpc) is 2.16. The Kier molecular flexibility index (Phi) is 5.75. The number of ether oxygens (including phenoxy) is 1. The highest BCUT2D eigenvalue weighted by molar-refractivity contribution is 5.75. The van der Waals surface area contributed by atoms with Crippen molar-refractivity contribution in [1.29, 1.82) is 0 Å². The van der Waals surface area contributed by atoms with Crippen LogP contribution in [0.4, 0.5) is 4.39 Å². The Morgan fingerprint density at radius 2 is 2.00 bits per heavy atom. The molecule has 0 bridgehead atoms. The first-order valence-electron chi connectivity index (χ1n) is 5.10. The molecule has 0 aromatic heterocycles. The molecule has 5 heteroatoms. The first-order chi connectivity index (χ1) is 6.80. The first kappa shape index (κ1) is 14.3. The summed E-state index contributed by atoms with van der Waals surface area (Å²) in [5.41, 5.74) is 5.59. The Balaban J connectivity index is 3.83. The summed E-state index contributed by atoms with van der Waals surface area (Å²) < 4.78 is 17.5. The molecular weight excluding hydrogens is 199 g/mol. The highest BCUT2D eigenvalue weighted by Crippen LogP contribution is 2.02. The SMILES string of the molecule is CC(C)C(N)C(=O)OCC[N+](C)(C)CF. The van der Waals surface area contributed by atoms with Crippen LogP contribution >= 0.6 is 0 Å². The van der Waals surface area contributed by atoms with E-state index in [4.69, 9.17) is 10.5 Å². The lowest BCUT2D eigenvalue weighted by molar-refractivity contribution is -0.902. The number of esters is 1. The molecule has 0 amide bonds. The van der Waals surface area contributed by atoms with E-state index in [0.29, 0.717) is 6.54 Å². The molecule has 0 aromatic rings. The van der Waals surface area contributed by atoms with E-state index in [2.05, 4.69) is 0 Å².